The molecule has 0 saturated carbocycles. The molecule has 1 fully saturated rings. The Morgan fingerprint density at radius 2 is 1.71 bits per heavy atom. The Kier molecular flexibility index (Phi) is 9.88. The molecule has 1 heterocycles. The molecule has 2 unspecified atom stereocenters. The van der Waals surface area contributed by atoms with Crippen LogP contribution in [0.1, 0.15) is 71.1 Å². The lowest BCUT2D eigenvalue weighted by Crippen LogP contribution is -1.94. The second-order valence-electron chi connectivity index (χ2n) is 5.74. The smallest absolute Gasteiger partial charge is 0.303 e. The van der Waals surface area contributed by atoms with Crippen LogP contribution in [0.15, 0.2) is 24.3 Å². The Morgan fingerprint density at radius 1 is 1.00 bits per heavy atom. The Balaban J connectivity index is 1.86. The van der Waals surface area contributed by atoms with Gasteiger partial charge in [0.05, 0.1) is 12.2 Å². The highest BCUT2D eigenvalue weighted by atomic mass is 16.6. The summed E-state index contributed by atoms with van der Waals surface area (Å²) in [4.78, 5) is 10.4. The van der Waals surface area contributed by atoms with Crippen molar-refractivity contribution in [1.29, 1.82) is 0 Å². The quantitative estimate of drug-likeness (QED) is 0.299. The number of hydrogen-bond acceptors (Lipinski definition) is 2. The van der Waals surface area contributed by atoms with Gasteiger partial charge in [0, 0.05) is 6.42 Å². The van der Waals surface area contributed by atoms with Gasteiger partial charge in [-0.05, 0) is 32.1 Å². The van der Waals surface area contributed by atoms with Gasteiger partial charge in [0.15, 0.2) is 0 Å². The molecule has 0 aromatic heterocycles. The standard InChI is InChI=1S/C18H30O3/c1-2-3-4-5-7-10-13-16-17(21-16)14-11-8-6-9-12-15-18(19)20/h3-4,7,10,16-17H,2,5-6,8-9,11-15H2,1H3,(H,19,20). The Hall–Kier alpha value is -1.09. The van der Waals surface area contributed by atoms with Gasteiger partial charge >= 0.3 is 5.97 Å². The van der Waals surface area contributed by atoms with Crippen LogP contribution in [0, 0.1) is 0 Å². The van der Waals surface area contributed by atoms with Crippen molar-refractivity contribution in [2.24, 2.45) is 0 Å². The van der Waals surface area contributed by atoms with Crippen molar-refractivity contribution >= 4 is 5.97 Å². The van der Waals surface area contributed by atoms with Gasteiger partial charge in [-0.1, -0.05) is 56.9 Å². The first kappa shape index (κ1) is 18.0. The lowest BCUT2D eigenvalue weighted by molar-refractivity contribution is -0.137. The number of carbonyl (C=O) groups is 1. The third kappa shape index (κ3) is 10.3. The van der Waals surface area contributed by atoms with E-state index in [4.69, 9.17) is 9.84 Å². The van der Waals surface area contributed by atoms with E-state index in [2.05, 4.69) is 31.2 Å². The molecule has 2 atom stereocenters. The van der Waals surface area contributed by atoms with Gasteiger partial charge in [0.25, 0.3) is 0 Å². The molecule has 21 heavy (non-hydrogen) atoms. The van der Waals surface area contributed by atoms with E-state index in [1.54, 1.807) is 0 Å². The molecule has 1 rings (SSSR count). The zero-order valence-electron chi connectivity index (χ0n) is 13.3. The second-order valence-corrected chi connectivity index (χ2v) is 5.74. The minimum Gasteiger partial charge on any atom is -0.481 e. The molecule has 0 amide bonds. The number of allylic oxidation sites excluding steroid dienone is 3. The molecule has 0 spiro atoms. The fourth-order valence-corrected chi connectivity index (χ4v) is 2.46. The Bertz CT molecular complexity index is 333. The molecule has 1 aliphatic heterocycles. The van der Waals surface area contributed by atoms with Crippen LogP contribution in [0.25, 0.3) is 0 Å². The summed E-state index contributed by atoms with van der Waals surface area (Å²) in [5.74, 6) is -0.678. The molecular formula is C18H30O3. The van der Waals surface area contributed by atoms with Crippen molar-refractivity contribution in [2.45, 2.75) is 83.3 Å². The molecule has 120 valence electrons. The van der Waals surface area contributed by atoms with Crippen molar-refractivity contribution in [3.05, 3.63) is 24.3 Å². The molecule has 0 aromatic rings. The summed E-state index contributed by atoms with van der Waals surface area (Å²) in [6.07, 6.45) is 19.8. The lowest BCUT2D eigenvalue weighted by atomic mass is 10.1. The van der Waals surface area contributed by atoms with Crippen molar-refractivity contribution in [3.8, 4) is 0 Å². The van der Waals surface area contributed by atoms with Gasteiger partial charge in [0.1, 0.15) is 0 Å². The van der Waals surface area contributed by atoms with Gasteiger partial charge < -0.3 is 9.84 Å². The van der Waals surface area contributed by atoms with E-state index < -0.39 is 5.97 Å². The van der Waals surface area contributed by atoms with E-state index in [1.807, 2.05) is 0 Å². The van der Waals surface area contributed by atoms with E-state index in [9.17, 15) is 4.79 Å². The monoisotopic (exact) mass is 294 g/mol. The number of hydrogen-bond donors (Lipinski definition) is 1. The van der Waals surface area contributed by atoms with Crippen molar-refractivity contribution in [2.75, 3.05) is 0 Å². The molecule has 1 N–H and O–H groups in total. The summed E-state index contributed by atoms with van der Waals surface area (Å²) in [5.41, 5.74) is 0. The summed E-state index contributed by atoms with van der Waals surface area (Å²) in [6.45, 7) is 2.15. The third-order valence-corrected chi connectivity index (χ3v) is 3.78. The zero-order valence-corrected chi connectivity index (χ0v) is 13.3. The van der Waals surface area contributed by atoms with Crippen LogP contribution in [0.2, 0.25) is 0 Å². The van der Waals surface area contributed by atoms with Crippen molar-refractivity contribution in [1.82, 2.24) is 0 Å². The number of ether oxygens (including phenoxy) is 1. The van der Waals surface area contributed by atoms with E-state index in [-0.39, 0.29) is 0 Å². The van der Waals surface area contributed by atoms with Crippen LogP contribution < -0.4 is 0 Å². The lowest BCUT2D eigenvalue weighted by Gasteiger charge is -1.99. The van der Waals surface area contributed by atoms with Crippen LogP contribution in [-0.2, 0) is 9.53 Å². The molecule has 1 saturated heterocycles. The summed E-state index contributed by atoms with van der Waals surface area (Å²) in [5, 5.41) is 8.53. The van der Waals surface area contributed by atoms with Crippen molar-refractivity contribution < 1.29 is 14.6 Å². The number of carboxylic acid groups (broad SMARTS) is 1. The van der Waals surface area contributed by atoms with Crippen LogP contribution in [-0.4, -0.2) is 23.3 Å². The maximum Gasteiger partial charge on any atom is 0.303 e. The number of unbranched alkanes of at least 4 members (excludes halogenated alkanes) is 4. The fraction of sp³-hybridized carbons (Fsp3) is 0.722. The summed E-state index contributed by atoms with van der Waals surface area (Å²) in [7, 11) is 0. The highest BCUT2D eigenvalue weighted by molar-refractivity contribution is 5.66. The summed E-state index contributed by atoms with van der Waals surface area (Å²) in [6, 6.07) is 0. The average molecular weight is 294 g/mol. The van der Waals surface area contributed by atoms with E-state index in [1.165, 1.54) is 12.8 Å². The van der Waals surface area contributed by atoms with Gasteiger partial charge in [-0.15, -0.1) is 0 Å². The second kappa shape index (κ2) is 11.6. The normalized spacial score (nSPS) is 21.4. The van der Waals surface area contributed by atoms with E-state index in [0.717, 1.165) is 44.9 Å². The summed E-state index contributed by atoms with van der Waals surface area (Å²) >= 11 is 0. The molecule has 0 aliphatic carbocycles. The predicted molar refractivity (Wildman–Crippen MR) is 86.4 cm³/mol. The number of carboxylic acids is 1. The average Bonchev–Trinajstić information content (AvgIpc) is 3.20. The highest BCUT2D eigenvalue weighted by Crippen LogP contribution is 2.30. The fourth-order valence-electron chi connectivity index (χ4n) is 2.46. The molecule has 1 aliphatic rings. The first-order valence-corrected chi connectivity index (χ1v) is 8.41. The Labute approximate surface area is 129 Å². The number of epoxide rings is 1. The Morgan fingerprint density at radius 3 is 2.48 bits per heavy atom. The van der Waals surface area contributed by atoms with Crippen LogP contribution in [0.5, 0.6) is 0 Å². The van der Waals surface area contributed by atoms with Crippen LogP contribution in [0.3, 0.4) is 0 Å². The zero-order chi connectivity index (χ0) is 15.3. The largest absolute Gasteiger partial charge is 0.481 e. The highest BCUT2D eigenvalue weighted by Gasteiger charge is 2.36. The van der Waals surface area contributed by atoms with Crippen LogP contribution >= 0.6 is 0 Å². The van der Waals surface area contributed by atoms with Gasteiger partial charge in [0.2, 0.25) is 0 Å². The third-order valence-electron chi connectivity index (χ3n) is 3.78. The van der Waals surface area contributed by atoms with Crippen molar-refractivity contribution in [3.63, 3.8) is 0 Å². The number of aliphatic carboxylic acids is 1. The molecule has 0 bridgehead atoms. The molecule has 0 radical (unpaired) electrons. The van der Waals surface area contributed by atoms with Gasteiger partial charge in [-0.3, -0.25) is 4.79 Å². The minimum atomic E-state index is -0.678. The topological polar surface area (TPSA) is 49.8 Å². The summed E-state index contributed by atoms with van der Waals surface area (Å²) < 4.78 is 5.66. The van der Waals surface area contributed by atoms with E-state index in [0.29, 0.717) is 18.6 Å². The molecular weight excluding hydrogens is 264 g/mol. The predicted octanol–water partition coefficient (Wildman–Crippen LogP) is 4.87. The van der Waals surface area contributed by atoms with Gasteiger partial charge in [-0.25, -0.2) is 0 Å². The number of rotatable bonds is 13. The molecule has 3 nitrogen and oxygen atoms in total. The first-order chi connectivity index (χ1) is 10.2. The maximum atomic E-state index is 10.4. The molecule has 3 heteroatoms. The van der Waals surface area contributed by atoms with Gasteiger partial charge in [-0.2, -0.15) is 0 Å². The minimum absolute atomic E-state index is 0.313. The molecule has 0 aromatic carbocycles. The van der Waals surface area contributed by atoms with E-state index >= 15 is 0 Å². The first-order valence-electron chi connectivity index (χ1n) is 8.41. The maximum absolute atomic E-state index is 10.4. The SMILES string of the molecule is CCC=CCC=CCC1OC1CCCCCCCC(=O)O. The van der Waals surface area contributed by atoms with Crippen LogP contribution in [0.4, 0.5) is 0 Å².